The zero-order valence-corrected chi connectivity index (χ0v) is 21.4. The van der Waals surface area contributed by atoms with Gasteiger partial charge in [0.15, 0.2) is 11.5 Å². The molecule has 192 valence electrons. The Balaban J connectivity index is 1.23. The van der Waals surface area contributed by atoms with Crippen LogP contribution in [-0.2, 0) is 17.1 Å². The SMILES string of the molecule is COc1ccc(-c2noc(CN3CCCC(C(=O)NCCSCc4ccccc4F)C3)n2)cc1OC. The minimum atomic E-state index is -0.187. The van der Waals surface area contributed by atoms with Crippen molar-refractivity contribution in [3.63, 3.8) is 0 Å². The van der Waals surface area contributed by atoms with Gasteiger partial charge in [0, 0.05) is 30.2 Å². The van der Waals surface area contributed by atoms with Crippen LogP contribution in [0.15, 0.2) is 47.0 Å². The minimum Gasteiger partial charge on any atom is -0.493 e. The Hall–Kier alpha value is -3.11. The highest BCUT2D eigenvalue weighted by Gasteiger charge is 2.26. The van der Waals surface area contributed by atoms with E-state index in [0.717, 1.165) is 30.7 Å². The zero-order chi connectivity index (χ0) is 25.3. The molecule has 1 aliphatic rings. The van der Waals surface area contributed by atoms with Crippen LogP contribution in [0.25, 0.3) is 11.4 Å². The largest absolute Gasteiger partial charge is 0.493 e. The number of piperidine rings is 1. The highest BCUT2D eigenvalue weighted by molar-refractivity contribution is 7.98. The maximum Gasteiger partial charge on any atom is 0.241 e. The molecule has 1 aliphatic heterocycles. The molecule has 1 unspecified atom stereocenters. The summed E-state index contributed by atoms with van der Waals surface area (Å²) in [6, 6.07) is 12.2. The summed E-state index contributed by atoms with van der Waals surface area (Å²) in [5, 5.41) is 7.14. The zero-order valence-electron chi connectivity index (χ0n) is 20.5. The first kappa shape index (κ1) is 26.0. The van der Waals surface area contributed by atoms with Gasteiger partial charge in [-0.2, -0.15) is 16.7 Å². The standard InChI is InChI=1S/C26H31FN4O4S/c1-33-22-10-9-18(14-23(22)34-2)25-29-24(35-30-25)16-31-12-5-7-19(15-31)26(32)28-11-13-36-17-20-6-3-4-8-21(20)27/h3-4,6,8-10,14,19H,5,7,11-13,15-17H2,1-2H3,(H,28,32). The predicted octanol–water partition coefficient (Wildman–Crippen LogP) is 4.15. The van der Waals surface area contributed by atoms with Crippen molar-refractivity contribution in [2.24, 2.45) is 5.92 Å². The van der Waals surface area contributed by atoms with Crippen LogP contribution >= 0.6 is 11.8 Å². The average Bonchev–Trinajstić information content (AvgIpc) is 3.37. The summed E-state index contributed by atoms with van der Waals surface area (Å²) >= 11 is 1.61. The molecular formula is C26H31FN4O4S. The van der Waals surface area contributed by atoms with Crippen molar-refractivity contribution < 1.29 is 23.2 Å². The number of benzene rings is 2. The van der Waals surface area contributed by atoms with E-state index in [0.29, 0.717) is 54.2 Å². The number of halogens is 1. The van der Waals surface area contributed by atoms with E-state index in [9.17, 15) is 9.18 Å². The number of amides is 1. The van der Waals surface area contributed by atoms with Crippen LogP contribution in [0.3, 0.4) is 0 Å². The lowest BCUT2D eigenvalue weighted by molar-refractivity contribution is -0.126. The fourth-order valence-electron chi connectivity index (χ4n) is 4.20. The third-order valence-corrected chi connectivity index (χ3v) is 7.11. The van der Waals surface area contributed by atoms with Crippen LogP contribution in [-0.4, -0.2) is 60.6 Å². The number of carbonyl (C=O) groups excluding carboxylic acids is 1. The molecule has 1 amide bonds. The Morgan fingerprint density at radius 1 is 1.22 bits per heavy atom. The molecule has 1 saturated heterocycles. The number of nitrogens with zero attached hydrogens (tertiary/aromatic N) is 3. The van der Waals surface area contributed by atoms with E-state index in [-0.39, 0.29) is 17.6 Å². The second kappa shape index (κ2) is 12.7. The van der Waals surface area contributed by atoms with Gasteiger partial charge in [-0.15, -0.1) is 0 Å². The van der Waals surface area contributed by atoms with E-state index in [1.807, 2.05) is 18.2 Å². The number of rotatable bonds is 11. The molecule has 1 N–H and O–H groups in total. The smallest absolute Gasteiger partial charge is 0.241 e. The molecular weight excluding hydrogens is 483 g/mol. The molecule has 2 heterocycles. The van der Waals surface area contributed by atoms with E-state index >= 15 is 0 Å². The summed E-state index contributed by atoms with van der Waals surface area (Å²) in [6.07, 6.45) is 1.78. The Bertz CT molecular complexity index is 1160. The maximum absolute atomic E-state index is 13.7. The molecule has 10 heteroatoms. The van der Waals surface area contributed by atoms with Crippen LogP contribution in [0.4, 0.5) is 4.39 Å². The minimum absolute atomic E-state index is 0.0581. The van der Waals surface area contributed by atoms with E-state index in [1.54, 1.807) is 44.2 Å². The number of aromatic nitrogens is 2. The van der Waals surface area contributed by atoms with Crippen LogP contribution in [0, 0.1) is 11.7 Å². The van der Waals surface area contributed by atoms with E-state index in [1.165, 1.54) is 6.07 Å². The van der Waals surface area contributed by atoms with E-state index in [4.69, 9.17) is 14.0 Å². The van der Waals surface area contributed by atoms with Gasteiger partial charge in [-0.25, -0.2) is 4.39 Å². The summed E-state index contributed by atoms with van der Waals surface area (Å²) in [4.78, 5) is 19.4. The normalized spacial score (nSPS) is 16.0. The second-order valence-electron chi connectivity index (χ2n) is 8.59. The van der Waals surface area contributed by atoms with Gasteiger partial charge in [0.2, 0.25) is 17.6 Å². The Labute approximate surface area is 214 Å². The van der Waals surface area contributed by atoms with Gasteiger partial charge in [-0.1, -0.05) is 23.4 Å². The Morgan fingerprint density at radius 2 is 2.06 bits per heavy atom. The summed E-state index contributed by atoms with van der Waals surface area (Å²) < 4.78 is 29.8. The van der Waals surface area contributed by atoms with Crippen molar-refractivity contribution in [2.45, 2.75) is 25.1 Å². The molecule has 0 aliphatic carbocycles. The number of hydrogen-bond donors (Lipinski definition) is 1. The first-order chi connectivity index (χ1) is 17.6. The van der Waals surface area contributed by atoms with Gasteiger partial charge >= 0.3 is 0 Å². The molecule has 2 aromatic carbocycles. The van der Waals surface area contributed by atoms with Crippen molar-refractivity contribution in [2.75, 3.05) is 39.6 Å². The van der Waals surface area contributed by atoms with Crippen LogP contribution < -0.4 is 14.8 Å². The monoisotopic (exact) mass is 514 g/mol. The Kier molecular flexibility index (Phi) is 9.18. The highest BCUT2D eigenvalue weighted by atomic mass is 32.2. The summed E-state index contributed by atoms with van der Waals surface area (Å²) in [7, 11) is 3.17. The first-order valence-corrected chi connectivity index (χ1v) is 13.1. The lowest BCUT2D eigenvalue weighted by Gasteiger charge is -2.30. The molecule has 3 aromatic rings. The first-order valence-electron chi connectivity index (χ1n) is 11.9. The van der Waals surface area contributed by atoms with Crippen molar-refractivity contribution in [3.05, 3.63) is 59.7 Å². The lowest BCUT2D eigenvalue weighted by atomic mass is 9.97. The number of hydrogen-bond acceptors (Lipinski definition) is 8. The third kappa shape index (κ3) is 6.76. The van der Waals surface area contributed by atoms with Crippen LogP contribution in [0.2, 0.25) is 0 Å². The lowest BCUT2D eigenvalue weighted by Crippen LogP contribution is -2.43. The van der Waals surface area contributed by atoms with Crippen molar-refractivity contribution >= 4 is 17.7 Å². The molecule has 8 nitrogen and oxygen atoms in total. The molecule has 1 fully saturated rings. The van der Waals surface area contributed by atoms with Gasteiger partial charge in [0.25, 0.3) is 0 Å². The van der Waals surface area contributed by atoms with Gasteiger partial charge in [0.1, 0.15) is 5.82 Å². The van der Waals surface area contributed by atoms with Gasteiger partial charge in [-0.05, 0) is 49.2 Å². The van der Waals surface area contributed by atoms with Gasteiger partial charge in [-0.3, -0.25) is 9.69 Å². The molecule has 0 bridgehead atoms. The number of methoxy groups -OCH3 is 2. The highest BCUT2D eigenvalue weighted by Crippen LogP contribution is 2.31. The molecule has 0 radical (unpaired) electrons. The van der Waals surface area contributed by atoms with E-state index in [2.05, 4.69) is 20.4 Å². The van der Waals surface area contributed by atoms with Crippen molar-refractivity contribution in [3.8, 4) is 22.9 Å². The molecule has 0 spiro atoms. The summed E-state index contributed by atoms with van der Waals surface area (Å²) in [5.74, 6) is 3.32. The third-order valence-electron chi connectivity index (χ3n) is 6.11. The molecule has 1 aromatic heterocycles. The van der Waals surface area contributed by atoms with E-state index < -0.39 is 0 Å². The van der Waals surface area contributed by atoms with Crippen LogP contribution in [0.1, 0.15) is 24.3 Å². The Morgan fingerprint density at radius 3 is 2.86 bits per heavy atom. The molecule has 36 heavy (non-hydrogen) atoms. The van der Waals surface area contributed by atoms with Gasteiger partial charge in [0.05, 0.1) is 26.7 Å². The number of carbonyl (C=O) groups is 1. The van der Waals surface area contributed by atoms with Crippen molar-refractivity contribution in [1.82, 2.24) is 20.4 Å². The average molecular weight is 515 g/mol. The summed E-state index contributed by atoms with van der Waals surface area (Å²) in [5.41, 5.74) is 1.46. The molecule has 0 saturated carbocycles. The fourth-order valence-corrected chi connectivity index (χ4v) is 5.05. The number of ether oxygens (including phenoxy) is 2. The van der Waals surface area contributed by atoms with Crippen LogP contribution in [0.5, 0.6) is 11.5 Å². The number of likely N-dealkylation sites (tertiary alicyclic amines) is 1. The predicted molar refractivity (Wildman–Crippen MR) is 136 cm³/mol. The number of thioether (sulfide) groups is 1. The number of nitrogens with one attached hydrogen (secondary N) is 1. The van der Waals surface area contributed by atoms with Crippen molar-refractivity contribution in [1.29, 1.82) is 0 Å². The quantitative estimate of drug-likeness (QED) is 0.382. The second-order valence-corrected chi connectivity index (χ2v) is 9.70. The van der Waals surface area contributed by atoms with Gasteiger partial charge < -0.3 is 19.3 Å². The fraction of sp³-hybridized carbons (Fsp3) is 0.423. The maximum atomic E-state index is 13.7. The molecule has 4 rings (SSSR count). The molecule has 1 atom stereocenters. The summed E-state index contributed by atoms with van der Waals surface area (Å²) in [6.45, 7) is 2.56. The topological polar surface area (TPSA) is 89.7 Å².